The first-order chi connectivity index (χ1) is 17.0. The molecule has 35 heavy (non-hydrogen) atoms. The molecule has 1 aromatic carbocycles. The van der Waals surface area contributed by atoms with Gasteiger partial charge in [0.05, 0.1) is 43.1 Å². The fraction of sp³-hybridized carbons (Fsp3) is 0.417. The molecule has 2 atom stereocenters. The summed E-state index contributed by atoms with van der Waals surface area (Å²) in [6.45, 7) is 3.28. The number of aryl methyl sites for hydroxylation is 3. The zero-order chi connectivity index (χ0) is 24.4. The Bertz CT molecular complexity index is 1280. The van der Waals surface area contributed by atoms with Crippen molar-refractivity contribution in [1.82, 2.24) is 29.6 Å². The van der Waals surface area contributed by atoms with Crippen LogP contribution >= 0.6 is 0 Å². The molecule has 0 spiro atoms. The quantitative estimate of drug-likeness (QED) is 0.370. The average Bonchev–Trinajstić information content (AvgIpc) is 3.63. The van der Waals surface area contributed by atoms with Crippen molar-refractivity contribution in [1.29, 1.82) is 0 Å². The average molecular weight is 480 g/mol. The van der Waals surface area contributed by atoms with Crippen LogP contribution in [0.25, 0.3) is 11.0 Å². The molecule has 11 heteroatoms. The van der Waals surface area contributed by atoms with E-state index in [-0.39, 0.29) is 12.1 Å². The van der Waals surface area contributed by atoms with Gasteiger partial charge in [0.15, 0.2) is 0 Å². The van der Waals surface area contributed by atoms with Gasteiger partial charge in [0.1, 0.15) is 18.3 Å². The summed E-state index contributed by atoms with van der Waals surface area (Å²) in [7, 11) is 1.40. The van der Waals surface area contributed by atoms with E-state index in [0.717, 1.165) is 41.0 Å². The molecular weight excluding hydrogens is 450 g/mol. The molecular formula is C24H29N7O4. The number of aromatic nitrogens is 5. The van der Waals surface area contributed by atoms with Crippen LogP contribution in [-0.2, 0) is 37.2 Å². The first kappa shape index (κ1) is 23.1. The zero-order valence-electron chi connectivity index (χ0n) is 19.8. The monoisotopic (exact) mass is 479 g/mol. The standard InChI is InChI=1S/C24H29N7O4/c1-16-4-5-17-18(31(16)24(33)34-2)6-7-19-23(17)28-20(8-12-29-11-3-9-27-29)30(19)15-21(32)26-14-22-25-10-13-35-22/h3,6-7,9-11,13,16,21,26,32H,4-5,8,12,14-15H2,1-2H3/t16-,21?/m0/s1. The summed E-state index contributed by atoms with van der Waals surface area (Å²) in [6.07, 6.45) is 7.78. The number of rotatable bonds is 8. The predicted molar refractivity (Wildman–Crippen MR) is 128 cm³/mol. The summed E-state index contributed by atoms with van der Waals surface area (Å²) >= 11 is 0. The number of aliphatic hydroxyl groups excluding tert-OH is 1. The van der Waals surface area contributed by atoms with E-state index in [9.17, 15) is 9.90 Å². The summed E-state index contributed by atoms with van der Waals surface area (Å²) in [5, 5.41) is 18.1. The molecule has 0 bridgehead atoms. The van der Waals surface area contributed by atoms with Gasteiger partial charge in [-0.3, -0.25) is 14.9 Å². The van der Waals surface area contributed by atoms with Gasteiger partial charge in [-0.05, 0) is 38.0 Å². The van der Waals surface area contributed by atoms with Crippen molar-refractivity contribution < 1.29 is 19.1 Å². The fourth-order valence-corrected chi connectivity index (χ4v) is 4.68. The molecule has 0 aliphatic carbocycles. The number of hydrogen-bond acceptors (Lipinski definition) is 8. The maximum atomic E-state index is 12.5. The van der Waals surface area contributed by atoms with E-state index in [2.05, 4.69) is 15.4 Å². The maximum absolute atomic E-state index is 12.5. The number of amides is 1. The number of aliphatic hydroxyl groups is 1. The Kier molecular flexibility index (Phi) is 6.51. The fourth-order valence-electron chi connectivity index (χ4n) is 4.68. The van der Waals surface area contributed by atoms with Crippen LogP contribution in [0.4, 0.5) is 10.5 Å². The smallest absolute Gasteiger partial charge is 0.414 e. The van der Waals surface area contributed by atoms with Crippen molar-refractivity contribution >= 4 is 22.8 Å². The molecule has 184 valence electrons. The molecule has 3 aromatic heterocycles. The molecule has 5 rings (SSSR count). The van der Waals surface area contributed by atoms with Crippen LogP contribution in [-0.4, -0.2) is 54.9 Å². The highest BCUT2D eigenvalue weighted by molar-refractivity contribution is 5.95. The van der Waals surface area contributed by atoms with Gasteiger partial charge in [-0.15, -0.1) is 0 Å². The molecule has 0 radical (unpaired) electrons. The van der Waals surface area contributed by atoms with Gasteiger partial charge >= 0.3 is 6.09 Å². The molecule has 4 aromatic rings. The van der Waals surface area contributed by atoms with Crippen LogP contribution in [0.1, 0.15) is 30.6 Å². The third-order valence-corrected chi connectivity index (χ3v) is 6.42. The minimum atomic E-state index is -0.842. The number of hydrogen-bond donors (Lipinski definition) is 2. The summed E-state index contributed by atoms with van der Waals surface area (Å²) in [5.41, 5.74) is 3.61. The zero-order valence-corrected chi connectivity index (χ0v) is 19.8. The molecule has 1 unspecified atom stereocenters. The summed E-state index contributed by atoms with van der Waals surface area (Å²) in [6, 6.07) is 5.84. The molecule has 0 fully saturated rings. The third kappa shape index (κ3) is 4.64. The lowest BCUT2D eigenvalue weighted by Gasteiger charge is -2.34. The lowest BCUT2D eigenvalue weighted by molar-refractivity contribution is 0.113. The molecule has 0 saturated heterocycles. The Hall–Kier alpha value is -3.70. The molecule has 2 N–H and O–H groups in total. The van der Waals surface area contributed by atoms with Crippen LogP contribution in [0.2, 0.25) is 0 Å². The highest BCUT2D eigenvalue weighted by atomic mass is 16.5. The maximum Gasteiger partial charge on any atom is 0.414 e. The number of ether oxygens (including phenoxy) is 1. The summed E-state index contributed by atoms with van der Waals surface area (Å²) < 4.78 is 14.2. The van der Waals surface area contributed by atoms with Crippen molar-refractivity contribution in [2.75, 3.05) is 12.0 Å². The topological polar surface area (TPSA) is 123 Å². The lowest BCUT2D eigenvalue weighted by atomic mass is 9.96. The Morgan fingerprint density at radius 3 is 3.00 bits per heavy atom. The summed E-state index contributed by atoms with van der Waals surface area (Å²) in [4.78, 5) is 23.3. The number of anilines is 1. The largest absolute Gasteiger partial charge is 0.452 e. The van der Waals surface area contributed by atoms with Crippen LogP contribution < -0.4 is 10.2 Å². The highest BCUT2D eigenvalue weighted by Crippen LogP contribution is 2.36. The van der Waals surface area contributed by atoms with Gasteiger partial charge in [0.25, 0.3) is 0 Å². The molecule has 0 saturated carbocycles. The van der Waals surface area contributed by atoms with E-state index in [1.54, 1.807) is 17.3 Å². The molecule has 11 nitrogen and oxygen atoms in total. The van der Waals surface area contributed by atoms with Gasteiger partial charge in [0, 0.05) is 37.0 Å². The van der Waals surface area contributed by atoms with Gasteiger partial charge in [0.2, 0.25) is 5.89 Å². The Morgan fingerprint density at radius 1 is 1.37 bits per heavy atom. The Balaban J connectivity index is 1.49. The van der Waals surface area contributed by atoms with Gasteiger partial charge in [-0.1, -0.05) is 0 Å². The van der Waals surface area contributed by atoms with Crippen LogP contribution in [0.3, 0.4) is 0 Å². The number of oxazole rings is 1. The SMILES string of the molecule is COC(=O)N1c2ccc3c(nc(CCn4cccn4)n3CC(O)NCc3ncco3)c2CC[C@@H]1C. The van der Waals surface area contributed by atoms with E-state index < -0.39 is 6.23 Å². The number of nitrogens with zero attached hydrogens (tertiary/aromatic N) is 6. The van der Waals surface area contributed by atoms with Crippen molar-refractivity contribution in [2.24, 2.45) is 0 Å². The second kappa shape index (κ2) is 9.88. The van der Waals surface area contributed by atoms with E-state index in [4.69, 9.17) is 14.1 Å². The van der Waals surface area contributed by atoms with E-state index in [1.165, 1.54) is 13.4 Å². The van der Waals surface area contributed by atoms with Crippen molar-refractivity contribution in [2.45, 2.75) is 58.1 Å². The second-order valence-electron chi connectivity index (χ2n) is 8.64. The van der Waals surface area contributed by atoms with Crippen molar-refractivity contribution in [3.05, 3.63) is 60.3 Å². The number of nitrogens with one attached hydrogen (secondary N) is 1. The van der Waals surface area contributed by atoms with Crippen LogP contribution in [0.5, 0.6) is 0 Å². The second-order valence-corrected chi connectivity index (χ2v) is 8.64. The van der Waals surface area contributed by atoms with E-state index in [0.29, 0.717) is 31.9 Å². The normalized spacial score (nSPS) is 16.4. The van der Waals surface area contributed by atoms with E-state index in [1.807, 2.05) is 40.6 Å². The summed E-state index contributed by atoms with van der Waals surface area (Å²) in [5.74, 6) is 1.34. The number of methoxy groups -OCH3 is 1. The number of carbonyl (C=O) groups excluding carboxylic acids is 1. The first-order valence-electron chi connectivity index (χ1n) is 11.7. The first-order valence-corrected chi connectivity index (χ1v) is 11.7. The van der Waals surface area contributed by atoms with Gasteiger partial charge in [-0.25, -0.2) is 14.8 Å². The number of imidazole rings is 1. The highest BCUT2D eigenvalue weighted by Gasteiger charge is 2.31. The van der Waals surface area contributed by atoms with Crippen molar-refractivity contribution in [3.63, 3.8) is 0 Å². The molecule has 1 aliphatic rings. The lowest BCUT2D eigenvalue weighted by Crippen LogP contribution is -2.42. The van der Waals surface area contributed by atoms with Crippen LogP contribution in [0.15, 0.2) is 47.5 Å². The predicted octanol–water partition coefficient (Wildman–Crippen LogP) is 2.48. The van der Waals surface area contributed by atoms with E-state index >= 15 is 0 Å². The van der Waals surface area contributed by atoms with Gasteiger partial charge < -0.3 is 18.8 Å². The minimum Gasteiger partial charge on any atom is -0.452 e. The third-order valence-electron chi connectivity index (χ3n) is 6.42. The number of fused-ring (bicyclic) bond motifs is 3. The number of benzene rings is 1. The van der Waals surface area contributed by atoms with Gasteiger partial charge in [-0.2, -0.15) is 5.10 Å². The molecule has 1 aliphatic heterocycles. The minimum absolute atomic E-state index is 0.0370. The molecule has 4 heterocycles. The number of carbonyl (C=O) groups is 1. The van der Waals surface area contributed by atoms with Crippen molar-refractivity contribution in [3.8, 4) is 0 Å². The Labute approximate surface area is 202 Å². The Morgan fingerprint density at radius 2 is 2.26 bits per heavy atom. The van der Waals surface area contributed by atoms with Crippen LogP contribution in [0, 0.1) is 0 Å². The molecule has 1 amide bonds.